The zero-order valence-electron chi connectivity index (χ0n) is 19.3. The van der Waals surface area contributed by atoms with Crippen LogP contribution in [-0.4, -0.2) is 25.8 Å². The largest absolute Gasteiger partial charge is 0.392 e. The van der Waals surface area contributed by atoms with Gasteiger partial charge in [0.2, 0.25) is 0 Å². The van der Waals surface area contributed by atoms with Crippen LogP contribution in [0.25, 0.3) is 22.5 Å². The van der Waals surface area contributed by atoms with Crippen LogP contribution in [-0.2, 0) is 20.2 Å². The molecule has 0 unspecified atom stereocenters. The molecule has 0 atom stereocenters. The van der Waals surface area contributed by atoms with Gasteiger partial charge >= 0.3 is 0 Å². The highest BCUT2D eigenvalue weighted by Crippen LogP contribution is 2.43. The van der Waals surface area contributed by atoms with Crippen LogP contribution in [0.2, 0.25) is 0 Å². The molecule has 7 nitrogen and oxygen atoms in total. The predicted molar refractivity (Wildman–Crippen MR) is 131 cm³/mol. The number of amides is 1. The molecule has 1 aromatic heterocycles. The molecule has 2 aliphatic rings. The Kier molecular flexibility index (Phi) is 4.97. The summed E-state index contributed by atoms with van der Waals surface area (Å²) in [6, 6.07) is 20.0. The smallest absolute Gasteiger partial charge is 0.258 e. The third-order valence-corrected chi connectivity index (χ3v) is 6.91. The lowest BCUT2D eigenvalue weighted by Gasteiger charge is -2.21. The van der Waals surface area contributed by atoms with E-state index in [9.17, 15) is 15.2 Å². The molecule has 1 aliphatic heterocycles. The van der Waals surface area contributed by atoms with Crippen LogP contribution in [0.4, 0.5) is 5.69 Å². The summed E-state index contributed by atoms with van der Waals surface area (Å²) in [6.07, 6.45) is 4.04. The van der Waals surface area contributed by atoms with E-state index in [1.165, 1.54) is 18.4 Å². The normalized spacial score (nSPS) is 14.8. The summed E-state index contributed by atoms with van der Waals surface area (Å²) in [7, 11) is 1.87. The number of fused-ring (bicyclic) bond motifs is 1. The van der Waals surface area contributed by atoms with Crippen molar-refractivity contribution in [1.29, 1.82) is 5.26 Å². The minimum absolute atomic E-state index is 0.127. The molecule has 1 fully saturated rings. The summed E-state index contributed by atoms with van der Waals surface area (Å²) in [6.45, 7) is 0.247. The number of aliphatic hydroxyl groups excluding tert-OH is 1. The summed E-state index contributed by atoms with van der Waals surface area (Å²) in [5.41, 5.74) is 7.12. The van der Waals surface area contributed by atoms with Crippen molar-refractivity contribution < 1.29 is 9.90 Å². The molecule has 0 saturated heterocycles. The number of anilines is 1. The Morgan fingerprint density at radius 2 is 1.94 bits per heavy atom. The number of aliphatic hydroxyl groups is 1. The van der Waals surface area contributed by atoms with Crippen molar-refractivity contribution in [3.05, 3.63) is 88.7 Å². The SMILES string of the molecule is Cn1cnnc1-c1cc(C#N)c(N2Cc3ccc(CO)cc3C2=O)cc1-c1cccc(C2CC2)c1. The lowest BCUT2D eigenvalue weighted by Crippen LogP contribution is -2.24. The van der Waals surface area contributed by atoms with Gasteiger partial charge in [-0.2, -0.15) is 5.26 Å². The number of hydrogen-bond donors (Lipinski definition) is 1. The van der Waals surface area contributed by atoms with Crippen molar-refractivity contribution in [1.82, 2.24) is 14.8 Å². The Morgan fingerprint density at radius 3 is 2.66 bits per heavy atom. The summed E-state index contributed by atoms with van der Waals surface area (Å²) in [5, 5.41) is 27.9. The lowest BCUT2D eigenvalue weighted by molar-refractivity contribution is 0.0996. The van der Waals surface area contributed by atoms with Crippen LogP contribution >= 0.6 is 0 Å². The van der Waals surface area contributed by atoms with Crippen molar-refractivity contribution in [3.63, 3.8) is 0 Å². The maximum Gasteiger partial charge on any atom is 0.258 e. The Bertz CT molecular complexity index is 1530. The van der Waals surface area contributed by atoms with Crippen LogP contribution in [0.1, 0.15) is 51.4 Å². The van der Waals surface area contributed by atoms with Crippen LogP contribution in [0.15, 0.2) is 60.9 Å². The van der Waals surface area contributed by atoms with E-state index >= 15 is 0 Å². The van der Waals surface area contributed by atoms with Gasteiger partial charge < -0.3 is 14.6 Å². The standard InChI is InChI=1S/C28H23N5O2/c1-32-16-30-31-27(32)25-11-22(13-29)26(12-23(25)20-4-2-3-19(10-20)18-7-8-18)33-14-21-6-5-17(15-34)9-24(21)28(33)35/h2-6,9-12,16,18,34H,7-8,14-15H2,1H3. The van der Waals surface area contributed by atoms with E-state index in [1.54, 1.807) is 17.3 Å². The average molecular weight is 462 g/mol. The molecule has 4 aromatic rings. The summed E-state index contributed by atoms with van der Waals surface area (Å²) < 4.78 is 1.83. The molecular formula is C28H23N5O2. The van der Waals surface area contributed by atoms with E-state index in [0.29, 0.717) is 40.7 Å². The summed E-state index contributed by atoms with van der Waals surface area (Å²) >= 11 is 0. The van der Waals surface area contributed by atoms with E-state index in [4.69, 9.17) is 0 Å². The average Bonchev–Trinajstić information content (AvgIpc) is 3.59. The first-order valence-corrected chi connectivity index (χ1v) is 11.6. The van der Waals surface area contributed by atoms with Crippen LogP contribution < -0.4 is 4.90 Å². The van der Waals surface area contributed by atoms with Crippen molar-refractivity contribution in [3.8, 4) is 28.6 Å². The number of nitrogens with zero attached hydrogens (tertiary/aromatic N) is 5. The highest BCUT2D eigenvalue weighted by Gasteiger charge is 2.31. The number of benzene rings is 3. The van der Waals surface area contributed by atoms with Gasteiger partial charge in [0.25, 0.3) is 5.91 Å². The zero-order valence-corrected chi connectivity index (χ0v) is 19.3. The summed E-state index contributed by atoms with van der Waals surface area (Å²) in [5.74, 6) is 1.08. The molecule has 35 heavy (non-hydrogen) atoms. The van der Waals surface area contributed by atoms with Gasteiger partial charge in [-0.05, 0) is 64.8 Å². The number of carbonyl (C=O) groups is 1. The first kappa shape index (κ1) is 21.3. The minimum atomic E-state index is -0.170. The highest BCUT2D eigenvalue weighted by molar-refractivity contribution is 6.11. The third kappa shape index (κ3) is 3.59. The molecule has 7 heteroatoms. The molecule has 0 bridgehead atoms. The molecule has 1 N–H and O–H groups in total. The number of aryl methyl sites for hydroxylation is 1. The lowest BCUT2D eigenvalue weighted by atomic mass is 9.93. The third-order valence-electron chi connectivity index (χ3n) is 6.91. The number of carbonyl (C=O) groups excluding carboxylic acids is 1. The number of rotatable bonds is 5. The number of hydrogen-bond acceptors (Lipinski definition) is 5. The van der Waals surface area contributed by atoms with Crippen molar-refractivity contribution in [2.45, 2.75) is 31.9 Å². The topological polar surface area (TPSA) is 95.0 Å². The van der Waals surface area contributed by atoms with E-state index in [1.807, 2.05) is 35.9 Å². The second kappa shape index (κ2) is 8.19. The second-order valence-corrected chi connectivity index (χ2v) is 9.23. The van der Waals surface area contributed by atoms with Gasteiger partial charge in [-0.1, -0.05) is 36.4 Å². The van der Waals surface area contributed by atoms with Gasteiger partial charge in [-0.15, -0.1) is 10.2 Å². The fraction of sp³-hybridized carbons (Fsp3) is 0.214. The van der Waals surface area contributed by atoms with Gasteiger partial charge in [0, 0.05) is 18.2 Å². The monoisotopic (exact) mass is 461 g/mol. The first-order chi connectivity index (χ1) is 17.1. The van der Waals surface area contributed by atoms with Crippen LogP contribution in [0.5, 0.6) is 0 Å². The highest BCUT2D eigenvalue weighted by atomic mass is 16.3. The van der Waals surface area contributed by atoms with Gasteiger partial charge in [0.15, 0.2) is 5.82 Å². The molecule has 1 aliphatic carbocycles. The molecule has 0 radical (unpaired) electrons. The van der Waals surface area contributed by atoms with Crippen LogP contribution in [0.3, 0.4) is 0 Å². The van der Waals surface area contributed by atoms with Crippen molar-refractivity contribution >= 4 is 11.6 Å². The van der Waals surface area contributed by atoms with E-state index in [2.05, 4.69) is 40.5 Å². The molecule has 2 heterocycles. The molecule has 0 spiro atoms. The van der Waals surface area contributed by atoms with Gasteiger partial charge in [-0.3, -0.25) is 4.79 Å². The quantitative estimate of drug-likeness (QED) is 0.470. The van der Waals surface area contributed by atoms with Gasteiger partial charge in [-0.25, -0.2) is 0 Å². The Hall–Kier alpha value is -4.28. The Labute approximate surface area is 202 Å². The Morgan fingerprint density at radius 1 is 1.09 bits per heavy atom. The maximum atomic E-state index is 13.4. The maximum absolute atomic E-state index is 13.4. The minimum Gasteiger partial charge on any atom is -0.392 e. The molecule has 1 amide bonds. The Balaban J connectivity index is 1.53. The van der Waals surface area contributed by atoms with E-state index in [0.717, 1.165) is 22.3 Å². The molecular weight excluding hydrogens is 438 g/mol. The van der Waals surface area contributed by atoms with Crippen molar-refractivity contribution in [2.75, 3.05) is 4.90 Å². The zero-order chi connectivity index (χ0) is 24.1. The van der Waals surface area contributed by atoms with Gasteiger partial charge in [0.05, 0.1) is 24.4 Å². The second-order valence-electron chi connectivity index (χ2n) is 9.23. The van der Waals surface area contributed by atoms with E-state index in [-0.39, 0.29) is 12.5 Å². The van der Waals surface area contributed by atoms with Gasteiger partial charge in [0.1, 0.15) is 12.4 Å². The fourth-order valence-electron chi connectivity index (χ4n) is 4.87. The molecule has 3 aromatic carbocycles. The summed E-state index contributed by atoms with van der Waals surface area (Å²) in [4.78, 5) is 15.1. The molecule has 172 valence electrons. The molecule has 6 rings (SSSR count). The number of aromatic nitrogens is 3. The molecule has 1 saturated carbocycles. The number of nitriles is 1. The van der Waals surface area contributed by atoms with E-state index < -0.39 is 0 Å². The first-order valence-electron chi connectivity index (χ1n) is 11.6. The predicted octanol–water partition coefficient (Wildman–Crippen LogP) is 4.55. The van der Waals surface area contributed by atoms with Crippen molar-refractivity contribution in [2.24, 2.45) is 7.05 Å². The van der Waals surface area contributed by atoms with Crippen LogP contribution in [0, 0.1) is 11.3 Å². The fourth-order valence-corrected chi connectivity index (χ4v) is 4.87.